The number of hydrogen-bond acceptors (Lipinski definition) is 4. The molecule has 22 heavy (non-hydrogen) atoms. The molecule has 0 fully saturated rings. The molecule has 2 aromatic rings. The molecule has 0 amide bonds. The number of aromatic nitrogens is 2. The van der Waals surface area contributed by atoms with Gasteiger partial charge in [0.1, 0.15) is 0 Å². The number of methoxy groups -OCH3 is 1. The zero-order valence-corrected chi connectivity index (χ0v) is 14.6. The van der Waals surface area contributed by atoms with Crippen LogP contribution in [0.1, 0.15) is 20.3 Å². The van der Waals surface area contributed by atoms with E-state index in [-0.39, 0.29) is 0 Å². The molecule has 0 aliphatic carbocycles. The first-order valence-electron chi connectivity index (χ1n) is 7.87. The number of ether oxygens (including phenoxy) is 2. The molecule has 0 aliphatic rings. The summed E-state index contributed by atoms with van der Waals surface area (Å²) in [5, 5.41) is 1.05. The Labute approximate surface area is 137 Å². The lowest BCUT2D eigenvalue weighted by molar-refractivity contribution is 0.138. The van der Waals surface area contributed by atoms with Gasteiger partial charge < -0.3 is 14.0 Å². The third-order valence-electron chi connectivity index (χ3n) is 3.44. The maximum absolute atomic E-state index is 5.68. The van der Waals surface area contributed by atoms with Crippen molar-refractivity contribution < 1.29 is 9.47 Å². The second kappa shape index (κ2) is 9.18. The van der Waals surface area contributed by atoms with Crippen LogP contribution in [-0.2, 0) is 16.0 Å². The van der Waals surface area contributed by atoms with Gasteiger partial charge in [0.15, 0.2) is 5.16 Å². The summed E-state index contributed by atoms with van der Waals surface area (Å²) in [6.45, 7) is 7.57. The Kier molecular flexibility index (Phi) is 7.22. The van der Waals surface area contributed by atoms with Crippen LogP contribution in [0.15, 0.2) is 29.4 Å². The maximum atomic E-state index is 5.68. The first-order chi connectivity index (χ1) is 10.7. The third-order valence-corrected chi connectivity index (χ3v) is 4.38. The lowest BCUT2D eigenvalue weighted by Gasteiger charge is -2.09. The van der Waals surface area contributed by atoms with E-state index < -0.39 is 0 Å². The van der Waals surface area contributed by atoms with Crippen molar-refractivity contribution in [2.24, 2.45) is 5.92 Å². The smallest absolute Gasteiger partial charge is 0.169 e. The fourth-order valence-electron chi connectivity index (χ4n) is 2.18. The third kappa shape index (κ3) is 5.00. The van der Waals surface area contributed by atoms with Crippen molar-refractivity contribution in [3.63, 3.8) is 0 Å². The number of imidazole rings is 1. The Morgan fingerprint density at radius 3 is 2.77 bits per heavy atom. The molecule has 1 aromatic heterocycles. The molecule has 1 heterocycles. The van der Waals surface area contributed by atoms with Gasteiger partial charge in [-0.15, -0.1) is 0 Å². The van der Waals surface area contributed by atoms with Gasteiger partial charge in [0.2, 0.25) is 0 Å². The Balaban J connectivity index is 1.91. The number of nitrogens with zero attached hydrogens (tertiary/aromatic N) is 2. The maximum Gasteiger partial charge on any atom is 0.169 e. The van der Waals surface area contributed by atoms with Gasteiger partial charge in [-0.05, 0) is 24.5 Å². The monoisotopic (exact) mass is 322 g/mol. The van der Waals surface area contributed by atoms with Crippen molar-refractivity contribution in [3.8, 4) is 0 Å². The highest BCUT2D eigenvalue weighted by atomic mass is 32.2. The quantitative estimate of drug-likeness (QED) is 0.492. The van der Waals surface area contributed by atoms with E-state index in [0.29, 0.717) is 12.5 Å². The minimum atomic E-state index is 0.693. The molecule has 1 aromatic carbocycles. The van der Waals surface area contributed by atoms with Crippen LogP contribution in [0.5, 0.6) is 0 Å². The first kappa shape index (κ1) is 17.3. The van der Waals surface area contributed by atoms with Crippen molar-refractivity contribution in [1.29, 1.82) is 0 Å². The number of hydrogen-bond donors (Lipinski definition) is 0. The lowest BCUT2D eigenvalue weighted by Crippen LogP contribution is -2.07. The number of thioether (sulfide) groups is 1. The van der Waals surface area contributed by atoms with Crippen LogP contribution in [0.25, 0.3) is 11.0 Å². The number of rotatable bonds is 10. The Morgan fingerprint density at radius 2 is 2.00 bits per heavy atom. The van der Waals surface area contributed by atoms with Crippen molar-refractivity contribution in [2.45, 2.75) is 32.0 Å². The first-order valence-corrected chi connectivity index (χ1v) is 8.85. The van der Waals surface area contributed by atoms with Crippen LogP contribution in [0.3, 0.4) is 0 Å². The molecular formula is C17H26N2O2S. The van der Waals surface area contributed by atoms with Crippen LogP contribution in [-0.4, -0.2) is 42.2 Å². The molecule has 0 spiro atoms. The van der Waals surface area contributed by atoms with E-state index in [4.69, 9.17) is 14.5 Å². The molecule has 2 rings (SSSR count). The van der Waals surface area contributed by atoms with E-state index in [1.54, 1.807) is 18.9 Å². The summed E-state index contributed by atoms with van der Waals surface area (Å²) in [4.78, 5) is 4.73. The van der Waals surface area contributed by atoms with E-state index in [1.165, 1.54) is 5.52 Å². The molecular weight excluding hydrogens is 296 g/mol. The normalized spacial score (nSPS) is 11.6. The molecule has 0 aliphatic heterocycles. The van der Waals surface area contributed by atoms with Gasteiger partial charge in [-0.3, -0.25) is 0 Å². The highest BCUT2D eigenvalue weighted by Crippen LogP contribution is 2.23. The Morgan fingerprint density at radius 1 is 1.18 bits per heavy atom. The van der Waals surface area contributed by atoms with Crippen LogP contribution < -0.4 is 0 Å². The largest absolute Gasteiger partial charge is 0.383 e. The van der Waals surface area contributed by atoms with Crippen molar-refractivity contribution in [2.75, 3.05) is 32.7 Å². The van der Waals surface area contributed by atoms with Gasteiger partial charge in [-0.2, -0.15) is 0 Å². The van der Waals surface area contributed by atoms with Crippen LogP contribution in [0.2, 0.25) is 0 Å². The molecule has 122 valence electrons. The van der Waals surface area contributed by atoms with Crippen LogP contribution in [0.4, 0.5) is 0 Å². The van der Waals surface area contributed by atoms with E-state index in [2.05, 4.69) is 36.6 Å². The molecule has 0 radical (unpaired) electrons. The minimum Gasteiger partial charge on any atom is -0.383 e. The standard InChI is InChI=1S/C17H26N2O2S/c1-14(2)8-10-21-12-13-22-17-18-15-6-4-5-7-16(15)19(17)9-11-20-3/h4-7,14H,8-13H2,1-3H3. The average molecular weight is 322 g/mol. The van der Waals surface area contributed by atoms with Gasteiger partial charge in [0.05, 0.1) is 24.2 Å². The molecule has 0 unspecified atom stereocenters. The average Bonchev–Trinajstić information content (AvgIpc) is 2.86. The number of fused-ring (bicyclic) bond motifs is 1. The summed E-state index contributed by atoms with van der Waals surface area (Å²) >= 11 is 1.75. The fraction of sp³-hybridized carbons (Fsp3) is 0.588. The Hall–Kier alpha value is -1.04. The summed E-state index contributed by atoms with van der Waals surface area (Å²) in [7, 11) is 1.73. The highest BCUT2D eigenvalue weighted by molar-refractivity contribution is 7.99. The van der Waals surface area contributed by atoms with Gasteiger partial charge >= 0.3 is 0 Å². The van der Waals surface area contributed by atoms with Crippen molar-refractivity contribution >= 4 is 22.8 Å². The molecule has 0 saturated heterocycles. The molecule has 0 saturated carbocycles. The second-order valence-corrected chi connectivity index (χ2v) is 6.73. The lowest BCUT2D eigenvalue weighted by atomic mass is 10.1. The number of para-hydroxylation sites is 2. The topological polar surface area (TPSA) is 36.3 Å². The van der Waals surface area contributed by atoms with Crippen molar-refractivity contribution in [1.82, 2.24) is 9.55 Å². The molecule has 4 nitrogen and oxygen atoms in total. The summed E-state index contributed by atoms with van der Waals surface area (Å²) in [6.07, 6.45) is 1.12. The van der Waals surface area contributed by atoms with Crippen LogP contribution in [0, 0.1) is 5.92 Å². The predicted molar refractivity (Wildman–Crippen MR) is 92.6 cm³/mol. The van der Waals surface area contributed by atoms with E-state index >= 15 is 0 Å². The Bertz CT molecular complexity index is 569. The molecule has 0 N–H and O–H groups in total. The zero-order chi connectivity index (χ0) is 15.8. The highest BCUT2D eigenvalue weighted by Gasteiger charge is 2.10. The summed E-state index contributed by atoms with van der Waals surface area (Å²) in [5.41, 5.74) is 2.21. The van der Waals surface area contributed by atoms with Gasteiger partial charge in [-0.25, -0.2) is 4.98 Å². The van der Waals surface area contributed by atoms with Gasteiger partial charge in [-0.1, -0.05) is 37.7 Å². The zero-order valence-electron chi connectivity index (χ0n) is 13.7. The second-order valence-electron chi connectivity index (χ2n) is 5.67. The fourth-order valence-corrected chi connectivity index (χ4v) is 3.07. The van der Waals surface area contributed by atoms with Crippen molar-refractivity contribution in [3.05, 3.63) is 24.3 Å². The van der Waals surface area contributed by atoms with E-state index in [9.17, 15) is 0 Å². The van der Waals surface area contributed by atoms with E-state index in [1.807, 2.05) is 6.07 Å². The van der Waals surface area contributed by atoms with E-state index in [0.717, 1.165) is 42.6 Å². The molecule has 5 heteroatoms. The summed E-state index contributed by atoms with van der Waals surface area (Å²) in [6, 6.07) is 8.25. The SMILES string of the molecule is COCCn1c(SCCOCCC(C)C)nc2ccccc21. The van der Waals surface area contributed by atoms with Crippen LogP contribution >= 0.6 is 11.8 Å². The summed E-state index contributed by atoms with van der Waals surface area (Å²) < 4.78 is 13.1. The number of benzene rings is 1. The molecule has 0 atom stereocenters. The van der Waals surface area contributed by atoms with Gasteiger partial charge in [0.25, 0.3) is 0 Å². The predicted octanol–water partition coefficient (Wildman–Crippen LogP) is 3.84. The van der Waals surface area contributed by atoms with Gasteiger partial charge in [0, 0.05) is 26.0 Å². The minimum absolute atomic E-state index is 0.693. The summed E-state index contributed by atoms with van der Waals surface area (Å²) in [5.74, 6) is 1.62. The molecule has 0 bridgehead atoms.